The highest BCUT2D eigenvalue weighted by molar-refractivity contribution is 5.91. The fraction of sp³-hybridized carbons (Fsp3) is 0.407. The maximum atomic E-state index is 6.12. The molecule has 0 aliphatic rings. The highest BCUT2D eigenvalue weighted by Crippen LogP contribution is 2.36. The van der Waals surface area contributed by atoms with Crippen LogP contribution in [0.4, 0.5) is 11.5 Å². The van der Waals surface area contributed by atoms with E-state index in [-0.39, 0.29) is 0 Å². The van der Waals surface area contributed by atoms with Crippen molar-refractivity contribution in [1.29, 1.82) is 0 Å². The molecule has 0 amide bonds. The maximum Gasteiger partial charge on any atom is 0.163 e. The summed E-state index contributed by atoms with van der Waals surface area (Å²) in [6, 6.07) is 14.2. The third-order valence-corrected chi connectivity index (χ3v) is 5.35. The molecule has 3 aromatic rings. The second-order valence-electron chi connectivity index (χ2n) is 7.88. The molecule has 1 aromatic heterocycles. The highest BCUT2D eigenvalue weighted by Gasteiger charge is 2.17. The van der Waals surface area contributed by atoms with Crippen LogP contribution in [0.25, 0.3) is 10.9 Å². The molecule has 33 heavy (non-hydrogen) atoms. The second kappa shape index (κ2) is 12.1. The molecule has 0 radical (unpaired) electrons. The van der Waals surface area contributed by atoms with Gasteiger partial charge < -0.3 is 19.1 Å². The van der Waals surface area contributed by atoms with Gasteiger partial charge in [0.05, 0.1) is 31.6 Å². The number of methoxy groups -OCH3 is 1. The fourth-order valence-electron chi connectivity index (χ4n) is 3.73. The standard InChI is InChI=1S/C27H35N3O3/c1-6-8-17-30(27-23-13-9-10-14-24(23)28-21(4)29-27)22-15-16-25(31-5)26(19-22)33-18-11-12-20(3)32-7-2/h9-10,13-16,19H,3,6-8,11-12,17-18H2,1-2,4-5H3. The molecular formula is C27H35N3O3. The summed E-state index contributed by atoms with van der Waals surface area (Å²) in [6.07, 6.45) is 3.72. The molecule has 0 spiro atoms. The summed E-state index contributed by atoms with van der Waals surface area (Å²) in [5.41, 5.74) is 1.96. The predicted molar refractivity (Wildman–Crippen MR) is 135 cm³/mol. The number of unbranched alkanes of at least 4 members (excludes halogenated alkanes) is 1. The Hall–Kier alpha value is -3.28. The van der Waals surface area contributed by atoms with Crippen molar-refractivity contribution in [2.45, 2.75) is 46.5 Å². The van der Waals surface area contributed by atoms with E-state index in [9.17, 15) is 0 Å². The van der Waals surface area contributed by atoms with Crippen LogP contribution in [0, 0.1) is 6.92 Å². The Kier molecular flexibility index (Phi) is 8.93. The summed E-state index contributed by atoms with van der Waals surface area (Å²) in [6.45, 7) is 12.1. The van der Waals surface area contributed by atoms with Crippen LogP contribution >= 0.6 is 0 Å². The monoisotopic (exact) mass is 449 g/mol. The van der Waals surface area contributed by atoms with Gasteiger partial charge in [-0.2, -0.15) is 0 Å². The Morgan fingerprint density at radius 3 is 2.61 bits per heavy atom. The van der Waals surface area contributed by atoms with Gasteiger partial charge in [0.25, 0.3) is 0 Å². The maximum absolute atomic E-state index is 6.12. The van der Waals surface area contributed by atoms with Gasteiger partial charge in [-0.15, -0.1) is 0 Å². The number of benzene rings is 2. The van der Waals surface area contributed by atoms with Gasteiger partial charge in [-0.05, 0) is 51.0 Å². The summed E-state index contributed by atoms with van der Waals surface area (Å²) in [5.74, 6) is 3.88. The van der Waals surface area contributed by atoms with E-state index in [0.717, 1.165) is 66.2 Å². The zero-order valence-electron chi connectivity index (χ0n) is 20.3. The number of nitrogens with zero attached hydrogens (tertiary/aromatic N) is 3. The number of anilines is 2. The highest BCUT2D eigenvalue weighted by atomic mass is 16.5. The average Bonchev–Trinajstić information content (AvgIpc) is 2.82. The largest absolute Gasteiger partial charge is 0.499 e. The van der Waals surface area contributed by atoms with E-state index in [1.807, 2.05) is 44.2 Å². The van der Waals surface area contributed by atoms with Crippen LogP contribution in [0.3, 0.4) is 0 Å². The Labute approximate surface area is 197 Å². The number of hydrogen-bond donors (Lipinski definition) is 0. The molecule has 6 nitrogen and oxygen atoms in total. The Morgan fingerprint density at radius 2 is 1.85 bits per heavy atom. The summed E-state index contributed by atoms with van der Waals surface area (Å²) >= 11 is 0. The molecule has 0 aliphatic heterocycles. The van der Waals surface area contributed by atoms with Crippen molar-refractivity contribution in [3.63, 3.8) is 0 Å². The minimum atomic E-state index is 0.552. The van der Waals surface area contributed by atoms with Gasteiger partial charge in [0.2, 0.25) is 0 Å². The van der Waals surface area contributed by atoms with Crippen LogP contribution < -0.4 is 14.4 Å². The quantitative estimate of drug-likeness (QED) is 0.217. The molecule has 3 rings (SSSR count). The zero-order chi connectivity index (χ0) is 23.6. The van der Waals surface area contributed by atoms with Crippen LogP contribution in [-0.2, 0) is 4.74 Å². The van der Waals surface area contributed by atoms with Gasteiger partial charge in [0.15, 0.2) is 11.5 Å². The Morgan fingerprint density at radius 1 is 1.03 bits per heavy atom. The average molecular weight is 450 g/mol. The van der Waals surface area contributed by atoms with Crippen molar-refractivity contribution in [3.8, 4) is 11.5 Å². The molecule has 0 saturated heterocycles. The molecule has 6 heteroatoms. The molecule has 1 heterocycles. The molecule has 176 valence electrons. The number of ether oxygens (including phenoxy) is 3. The summed E-state index contributed by atoms with van der Waals surface area (Å²) in [4.78, 5) is 11.7. The van der Waals surface area contributed by atoms with Crippen molar-refractivity contribution in [2.24, 2.45) is 0 Å². The topological polar surface area (TPSA) is 56.7 Å². The van der Waals surface area contributed by atoms with Crippen LogP contribution in [0.1, 0.15) is 45.4 Å². The minimum absolute atomic E-state index is 0.552. The number of allylic oxidation sites excluding steroid dienone is 1. The minimum Gasteiger partial charge on any atom is -0.499 e. The third kappa shape index (κ3) is 6.37. The molecular weight excluding hydrogens is 414 g/mol. The predicted octanol–water partition coefficient (Wildman–Crippen LogP) is 6.59. The molecule has 2 aromatic carbocycles. The van der Waals surface area contributed by atoms with Gasteiger partial charge in [-0.3, -0.25) is 0 Å². The van der Waals surface area contributed by atoms with Gasteiger partial charge in [0, 0.05) is 30.1 Å². The van der Waals surface area contributed by atoms with Crippen molar-refractivity contribution in [3.05, 3.63) is 60.6 Å². The lowest BCUT2D eigenvalue weighted by molar-refractivity contribution is 0.210. The number of hydrogen-bond acceptors (Lipinski definition) is 6. The van der Waals surface area contributed by atoms with E-state index < -0.39 is 0 Å². The summed E-state index contributed by atoms with van der Waals surface area (Å²) in [7, 11) is 1.66. The lowest BCUT2D eigenvalue weighted by Crippen LogP contribution is -2.20. The van der Waals surface area contributed by atoms with Crippen molar-refractivity contribution in [2.75, 3.05) is 31.8 Å². The smallest absolute Gasteiger partial charge is 0.163 e. The van der Waals surface area contributed by atoms with Crippen LogP contribution in [0.5, 0.6) is 11.5 Å². The molecule has 0 fully saturated rings. The summed E-state index contributed by atoms with van der Waals surface area (Å²) < 4.78 is 17.1. The normalized spacial score (nSPS) is 10.8. The van der Waals surface area contributed by atoms with E-state index in [4.69, 9.17) is 19.2 Å². The summed E-state index contributed by atoms with van der Waals surface area (Å²) in [5, 5.41) is 1.03. The first-order chi connectivity index (χ1) is 16.1. The second-order valence-corrected chi connectivity index (χ2v) is 7.88. The van der Waals surface area contributed by atoms with E-state index in [1.165, 1.54) is 0 Å². The number of rotatable bonds is 13. The number of aromatic nitrogens is 2. The van der Waals surface area contributed by atoms with Crippen LogP contribution in [-0.4, -0.2) is 36.8 Å². The van der Waals surface area contributed by atoms with Gasteiger partial charge >= 0.3 is 0 Å². The molecule has 0 atom stereocenters. The molecule has 0 N–H and O–H groups in total. The number of para-hydroxylation sites is 1. The van der Waals surface area contributed by atoms with Crippen molar-refractivity contribution >= 4 is 22.4 Å². The first-order valence-electron chi connectivity index (χ1n) is 11.7. The van der Waals surface area contributed by atoms with E-state index in [2.05, 4.69) is 35.5 Å². The van der Waals surface area contributed by atoms with Gasteiger partial charge in [-0.25, -0.2) is 9.97 Å². The molecule has 0 bridgehead atoms. The first kappa shape index (κ1) is 24.4. The Balaban J connectivity index is 1.91. The Bertz CT molecular complexity index is 1070. The SMILES string of the molecule is C=C(CCCOc1cc(N(CCCC)c2nc(C)nc3ccccc23)ccc1OC)OCC. The zero-order valence-corrected chi connectivity index (χ0v) is 20.3. The van der Waals surface area contributed by atoms with E-state index >= 15 is 0 Å². The first-order valence-corrected chi connectivity index (χ1v) is 11.7. The number of fused-ring (bicyclic) bond motifs is 1. The lowest BCUT2D eigenvalue weighted by Gasteiger charge is -2.26. The number of aryl methyl sites for hydroxylation is 1. The molecule has 0 saturated carbocycles. The van der Waals surface area contributed by atoms with Crippen molar-refractivity contribution < 1.29 is 14.2 Å². The lowest BCUT2D eigenvalue weighted by atomic mass is 10.1. The molecule has 0 unspecified atom stereocenters. The molecule has 0 aliphatic carbocycles. The third-order valence-electron chi connectivity index (χ3n) is 5.35. The van der Waals surface area contributed by atoms with E-state index in [0.29, 0.717) is 24.7 Å². The van der Waals surface area contributed by atoms with Gasteiger partial charge in [-0.1, -0.05) is 32.1 Å². The van der Waals surface area contributed by atoms with Crippen molar-refractivity contribution in [1.82, 2.24) is 9.97 Å². The van der Waals surface area contributed by atoms with E-state index in [1.54, 1.807) is 7.11 Å². The van der Waals surface area contributed by atoms with Gasteiger partial charge in [0.1, 0.15) is 11.6 Å². The van der Waals surface area contributed by atoms with Crippen LogP contribution in [0.2, 0.25) is 0 Å². The van der Waals surface area contributed by atoms with Crippen LogP contribution in [0.15, 0.2) is 54.8 Å². The fourth-order valence-corrected chi connectivity index (χ4v) is 3.73.